The van der Waals surface area contributed by atoms with Crippen molar-refractivity contribution in [3.05, 3.63) is 24.3 Å². The van der Waals surface area contributed by atoms with Crippen LogP contribution in [0.2, 0.25) is 0 Å². The fourth-order valence-corrected chi connectivity index (χ4v) is 2.17. The van der Waals surface area contributed by atoms with Crippen LogP contribution in [0.3, 0.4) is 0 Å². The fraction of sp³-hybridized carbons (Fsp3) is 0.462. The number of benzene rings is 1. The zero-order chi connectivity index (χ0) is 15.0. The smallest absolute Gasteiger partial charge is 0.277 e. The molecule has 20 heavy (non-hydrogen) atoms. The van der Waals surface area contributed by atoms with Crippen molar-refractivity contribution >= 4 is 17.7 Å². The number of carbonyl (C=O) groups excluding carboxylic acids is 1. The van der Waals surface area contributed by atoms with Crippen molar-refractivity contribution in [2.75, 3.05) is 26.0 Å². The highest BCUT2D eigenvalue weighted by Gasteiger charge is 2.26. The Hall–Kier alpha value is -1.34. The molecule has 1 aromatic rings. The molecule has 0 saturated carbocycles. The first-order valence-corrected chi connectivity index (χ1v) is 7.07. The van der Waals surface area contributed by atoms with Crippen LogP contribution in [0, 0.1) is 0 Å². The van der Waals surface area contributed by atoms with Crippen molar-refractivity contribution < 1.29 is 18.3 Å². The molecule has 0 bridgehead atoms. The van der Waals surface area contributed by atoms with Gasteiger partial charge in [0.05, 0.1) is 20.2 Å². The van der Waals surface area contributed by atoms with E-state index in [1.807, 2.05) is 24.3 Å². The van der Waals surface area contributed by atoms with Crippen LogP contribution in [0.1, 0.15) is 6.42 Å². The number of halogens is 2. The average molecular weight is 304 g/mol. The highest BCUT2D eigenvalue weighted by Crippen LogP contribution is 2.21. The number of nitrogens with one attached hydrogen (secondary N) is 1. The molecule has 0 fully saturated rings. The van der Waals surface area contributed by atoms with Gasteiger partial charge >= 0.3 is 0 Å². The first kappa shape index (κ1) is 16.7. The zero-order valence-electron chi connectivity index (χ0n) is 11.2. The number of alkyl halides is 2. The van der Waals surface area contributed by atoms with Gasteiger partial charge in [0.15, 0.2) is 0 Å². The Morgan fingerprint density at radius 1 is 1.40 bits per heavy atom. The summed E-state index contributed by atoms with van der Waals surface area (Å²) in [5.74, 6) is -2.17. The monoisotopic (exact) mass is 304 g/mol. The standard InChI is InChI=1S/C13H18F2N2O2S/c1-19-10-2-4-11(5-3-10)20-7-6-12(18)17-9-13(14,15)8-16/h2-5H,6-9,16H2,1H3,(H,17,18). The minimum atomic E-state index is -3.04. The van der Waals surface area contributed by atoms with Gasteiger partial charge in [-0.1, -0.05) is 0 Å². The van der Waals surface area contributed by atoms with E-state index < -0.39 is 24.9 Å². The summed E-state index contributed by atoms with van der Waals surface area (Å²) in [4.78, 5) is 12.4. The van der Waals surface area contributed by atoms with Gasteiger partial charge in [-0.15, -0.1) is 11.8 Å². The Balaban J connectivity index is 2.24. The first-order valence-electron chi connectivity index (χ1n) is 6.08. The first-order chi connectivity index (χ1) is 9.46. The number of methoxy groups -OCH3 is 1. The van der Waals surface area contributed by atoms with E-state index in [0.29, 0.717) is 5.75 Å². The summed E-state index contributed by atoms with van der Waals surface area (Å²) in [6.07, 6.45) is 0.178. The Morgan fingerprint density at radius 3 is 2.60 bits per heavy atom. The summed E-state index contributed by atoms with van der Waals surface area (Å²) in [6, 6.07) is 7.41. The number of carbonyl (C=O) groups is 1. The number of hydrogen-bond donors (Lipinski definition) is 2. The van der Waals surface area contributed by atoms with Crippen LogP contribution in [0.15, 0.2) is 29.2 Å². The molecule has 0 saturated heterocycles. The second-order valence-corrected chi connectivity index (χ2v) is 5.28. The van der Waals surface area contributed by atoms with Gasteiger partial charge in [-0.2, -0.15) is 0 Å². The SMILES string of the molecule is COc1ccc(SCCC(=O)NCC(F)(F)CN)cc1. The van der Waals surface area contributed by atoms with E-state index >= 15 is 0 Å². The third-order valence-electron chi connectivity index (χ3n) is 2.50. The average Bonchev–Trinajstić information content (AvgIpc) is 2.46. The molecule has 0 radical (unpaired) electrons. The van der Waals surface area contributed by atoms with Gasteiger partial charge < -0.3 is 15.8 Å². The molecule has 0 aliphatic heterocycles. The van der Waals surface area contributed by atoms with Crippen molar-refractivity contribution in [1.29, 1.82) is 0 Å². The Kier molecular flexibility index (Phi) is 6.74. The molecule has 0 aliphatic rings. The molecule has 0 unspecified atom stereocenters. The Bertz CT molecular complexity index is 427. The van der Waals surface area contributed by atoms with Crippen molar-refractivity contribution in [1.82, 2.24) is 5.32 Å². The van der Waals surface area contributed by atoms with Crippen molar-refractivity contribution in [2.24, 2.45) is 5.73 Å². The van der Waals surface area contributed by atoms with Gasteiger partial charge in [0.25, 0.3) is 5.92 Å². The lowest BCUT2D eigenvalue weighted by Crippen LogP contribution is -2.41. The number of nitrogens with two attached hydrogens (primary N) is 1. The topological polar surface area (TPSA) is 64.3 Å². The molecule has 112 valence electrons. The summed E-state index contributed by atoms with van der Waals surface area (Å²) >= 11 is 1.48. The summed E-state index contributed by atoms with van der Waals surface area (Å²) in [7, 11) is 1.59. The summed E-state index contributed by atoms with van der Waals surface area (Å²) < 4.78 is 30.7. The van der Waals surface area contributed by atoms with Gasteiger partial charge in [-0.25, -0.2) is 8.78 Å². The van der Waals surface area contributed by atoms with E-state index in [-0.39, 0.29) is 6.42 Å². The Morgan fingerprint density at radius 2 is 2.05 bits per heavy atom. The van der Waals surface area contributed by atoms with Crippen molar-refractivity contribution in [3.63, 3.8) is 0 Å². The summed E-state index contributed by atoms with van der Waals surface area (Å²) in [6.45, 7) is -1.48. The van der Waals surface area contributed by atoms with E-state index in [9.17, 15) is 13.6 Å². The lowest BCUT2D eigenvalue weighted by atomic mass is 10.3. The van der Waals surface area contributed by atoms with Crippen LogP contribution in [-0.4, -0.2) is 37.8 Å². The lowest BCUT2D eigenvalue weighted by molar-refractivity contribution is -0.122. The maximum Gasteiger partial charge on any atom is 0.277 e. The molecule has 7 heteroatoms. The normalized spacial score (nSPS) is 11.2. The van der Waals surface area contributed by atoms with E-state index in [1.54, 1.807) is 7.11 Å². The lowest BCUT2D eigenvalue weighted by Gasteiger charge is -2.14. The van der Waals surface area contributed by atoms with Gasteiger partial charge in [0.1, 0.15) is 5.75 Å². The van der Waals surface area contributed by atoms with E-state index in [0.717, 1.165) is 10.6 Å². The van der Waals surface area contributed by atoms with Crippen LogP contribution >= 0.6 is 11.8 Å². The van der Waals surface area contributed by atoms with Crippen molar-refractivity contribution in [3.8, 4) is 5.75 Å². The van der Waals surface area contributed by atoms with Crippen LogP contribution in [0.4, 0.5) is 8.78 Å². The second-order valence-electron chi connectivity index (χ2n) is 4.11. The van der Waals surface area contributed by atoms with E-state index in [4.69, 9.17) is 10.5 Å². The van der Waals surface area contributed by atoms with E-state index in [2.05, 4.69) is 5.32 Å². The quantitative estimate of drug-likeness (QED) is 0.720. The number of hydrogen-bond acceptors (Lipinski definition) is 4. The van der Waals surface area contributed by atoms with Crippen LogP contribution in [0.5, 0.6) is 5.75 Å². The number of amides is 1. The van der Waals surface area contributed by atoms with Crippen molar-refractivity contribution in [2.45, 2.75) is 17.2 Å². The predicted molar refractivity (Wildman–Crippen MR) is 75.3 cm³/mol. The van der Waals surface area contributed by atoms with Crippen LogP contribution in [-0.2, 0) is 4.79 Å². The molecule has 0 aromatic heterocycles. The van der Waals surface area contributed by atoms with Gasteiger partial charge in [-0.3, -0.25) is 4.79 Å². The molecular weight excluding hydrogens is 286 g/mol. The van der Waals surface area contributed by atoms with Gasteiger partial charge in [0, 0.05) is 17.1 Å². The highest BCUT2D eigenvalue weighted by atomic mass is 32.2. The molecule has 0 spiro atoms. The maximum atomic E-state index is 12.8. The molecule has 1 aromatic carbocycles. The number of rotatable bonds is 8. The van der Waals surface area contributed by atoms with Gasteiger partial charge in [-0.05, 0) is 24.3 Å². The van der Waals surface area contributed by atoms with Crippen LogP contribution < -0.4 is 15.8 Å². The number of thioether (sulfide) groups is 1. The third-order valence-corrected chi connectivity index (χ3v) is 3.51. The highest BCUT2D eigenvalue weighted by molar-refractivity contribution is 7.99. The predicted octanol–water partition coefficient (Wildman–Crippen LogP) is 1.89. The summed E-state index contributed by atoms with van der Waals surface area (Å²) in [5, 5.41) is 2.18. The second kappa shape index (κ2) is 8.06. The largest absolute Gasteiger partial charge is 0.497 e. The molecule has 0 atom stereocenters. The zero-order valence-corrected chi connectivity index (χ0v) is 12.0. The minimum absolute atomic E-state index is 0.178. The molecule has 1 amide bonds. The Labute approximate surface area is 121 Å². The maximum absolute atomic E-state index is 12.8. The molecule has 3 N–H and O–H groups in total. The summed E-state index contributed by atoms with van der Waals surface area (Å²) in [5.41, 5.74) is 4.88. The molecular formula is C13H18F2N2O2S. The molecule has 1 rings (SSSR count). The molecule has 0 heterocycles. The molecule has 4 nitrogen and oxygen atoms in total. The van der Waals surface area contributed by atoms with Gasteiger partial charge in [0.2, 0.25) is 5.91 Å². The fourth-order valence-electron chi connectivity index (χ4n) is 1.32. The molecule has 0 aliphatic carbocycles. The third kappa shape index (κ3) is 6.21. The minimum Gasteiger partial charge on any atom is -0.497 e. The number of ether oxygens (including phenoxy) is 1. The van der Waals surface area contributed by atoms with Crippen LogP contribution in [0.25, 0.3) is 0 Å². The van der Waals surface area contributed by atoms with E-state index in [1.165, 1.54) is 11.8 Å².